The zero-order chi connectivity index (χ0) is 33.3. The zero-order valence-corrected chi connectivity index (χ0v) is 26.8. The van der Waals surface area contributed by atoms with E-state index in [4.69, 9.17) is 21.1 Å². The first-order valence-corrected chi connectivity index (χ1v) is 15.9. The van der Waals surface area contributed by atoms with Gasteiger partial charge in [-0.2, -0.15) is 18.3 Å². The van der Waals surface area contributed by atoms with Crippen LogP contribution >= 0.6 is 22.9 Å². The number of nitrogens with one attached hydrogen (secondary N) is 2. The number of ether oxygens (including phenoxy) is 2. The van der Waals surface area contributed by atoms with Crippen LogP contribution in [0.1, 0.15) is 30.7 Å². The summed E-state index contributed by atoms with van der Waals surface area (Å²) >= 11 is 7.99. The molecule has 9 nitrogen and oxygen atoms in total. The Morgan fingerprint density at radius 1 is 1.15 bits per heavy atom. The van der Waals surface area contributed by atoms with Crippen molar-refractivity contribution >= 4 is 50.6 Å². The molecule has 0 unspecified atom stereocenters. The number of aromatic nitrogens is 4. The Balaban J connectivity index is 1.22. The third-order valence-electron chi connectivity index (χ3n) is 7.51. The number of carbonyl (C=O) groups excluding carboxylic acids is 1. The quantitative estimate of drug-likeness (QED) is 0.111. The Morgan fingerprint density at radius 3 is 2.72 bits per heavy atom. The molecule has 0 bridgehead atoms. The SMILES string of the molecule is CC(C)NC[C@H](Cn1ncc2c1CCc1c-2sc2ncnc(Nc3ccc(OCc4cccc(F)c4)c(Cl)c3)c12)OC(=O)C(F)(F)F. The number of anilines is 2. The summed E-state index contributed by atoms with van der Waals surface area (Å²) in [5, 5.41) is 12.1. The van der Waals surface area contributed by atoms with Crippen molar-refractivity contribution in [2.45, 2.75) is 58.2 Å². The van der Waals surface area contributed by atoms with Crippen LogP contribution < -0.4 is 15.4 Å². The fraction of sp³-hybridized carbons (Fsp3) is 0.312. The van der Waals surface area contributed by atoms with Crippen molar-refractivity contribution in [3.63, 3.8) is 0 Å². The van der Waals surface area contributed by atoms with Crippen LogP contribution in [0.5, 0.6) is 5.75 Å². The molecule has 0 saturated carbocycles. The molecule has 5 aromatic rings. The van der Waals surface area contributed by atoms with Gasteiger partial charge in [0.05, 0.1) is 23.2 Å². The first-order valence-electron chi connectivity index (χ1n) is 14.7. The molecule has 1 aliphatic rings. The number of benzene rings is 2. The first kappa shape index (κ1) is 32.7. The number of fused-ring (bicyclic) bond motifs is 5. The summed E-state index contributed by atoms with van der Waals surface area (Å²) in [5.74, 6) is -1.54. The Bertz CT molecular complexity index is 1930. The Morgan fingerprint density at radius 2 is 1.98 bits per heavy atom. The van der Waals surface area contributed by atoms with Gasteiger partial charge in [-0.05, 0) is 54.3 Å². The summed E-state index contributed by atoms with van der Waals surface area (Å²) in [5.41, 5.74) is 4.07. The fourth-order valence-corrected chi connectivity index (χ4v) is 6.81. The van der Waals surface area contributed by atoms with Crippen LogP contribution in [0.2, 0.25) is 5.02 Å². The number of halogens is 5. The van der Waals surface area contributed by atoms with Gasteiger partial charge in [-0.1, -0.05) is 37.6 Å². The third kappa shape index (κ3) is 7.34. The molecule has 3 heterocycles. The van der Waals surface area contributed by atoms with Gasteiger partial charge in [0.2, 0.25) is 0 Å². The molecule has 3 aromatic heterocycles. The number of rotatable bonds is 11. The third-order valence-corrected chi connectivity index (χ3v) is 8.97. The standard InChI is InChI=1S/C32H29ClF4N6O3S/c1-17(2)38-12-21(46-31(44)32(35,36)37)14-43-25-8-7-22-27-29(39-16-40-30(27)47-28(22)23(25)13-41-43)42-20-6-9-26(24(33)11-20)45-15-18-4-3-5-19(34)10-18/h3-6,9-11,13,16-17,21,38H,7-8,12,14-15H2,1-2H3,(H,39,40,42)/t21-/m1/s1. The van der Waals surface area contributed by atoms with Gasteiger partial charge in [-0.3, -0.25) is 4.68 Å². The molecule has 15 heteroatoms. The highest BCUT2D eigenvalue weighted by atomic mass is 35.5. The molecule has 246 valence electrons. The molecule has 2 N–H and O–H groups in total. The molecule has 1 atom stereocenters. The minimum absolute atomic E-state index is 0.0206. The van der Waals surface area contributed by atoms with Crippen molar-refractivity contribution in [1.29, 1.82) is 0 Å². The van der Waals surface area contributed by atoms with Crippen LogP contribution in [0, 0.1) is 5.82 Å². The molecule has 0 saturated heterocycles. The number of alkyl halides is 3. The van der Waals surface area contributed by atoms with Crippen molar-refractivity contribution in [2.75, 3.05) is 11.9 Å². The minimum Gasteiger partial charge on any atom is -0.487 e. The minimum atomic E-state index is -5.09. The first-order chi connectivity index (χ1) is 22.5. The topological polar surface area (TPSA) is 103 Å². The second kappa shape index (κ2) is 13.5. The van der Waals surface area contributed by atoms with E-state index in [-0.39, 0.29) is 31.6 Å². The summed E-state index contributed by atoms with van der Waals surface area (Å²) < 4.78 is 64.7. The molecule has 2 aromatic carbocycles. The van der Waals surface area contributed by atoms with Crippen molar-refractivity contribution < 1.29 is 31.8 Å². The van der Waals surface area contributed by atoms with E-state index in [1.165, 1.54) is 29.8 Å². The Kier molecular flexibility index (Phi) is 9.35. The number of thiophene rings is 1. The average Bonchev–Trinajstić information content (AvgIpc) is 3.61. The lowest BCUT2D eigenvalue weighted by Gasteiger charge is -2.22. The van der Waals surface area contributed by atoms with Gasteiger partial charge in [0.25, 0.3) is 0 Å². The number of carbonyl (C=O) groups is 1. The van der Waals surface area contributed by atoms with E-state index >= 15 is 0 Å². The summed E-state index contributed by atoms with van der Waals surface area (Å²) in [6.07, 6.45) is -1.85. The molecule has 0 amide bonds. The largest absolute Gasteiger partial charge is 0.490 e. The number of hydrogen-bond donors (Lipinski definition) is 2. The lowest BCUT2D eigenvalue weighted by molar-refractivity contribution is -0.205. The van der Waals surface area contributed by atoms with E-state index in [9.17, 15) is 22.4 Å². The Hall–Kier alpha value is -4.27. The predicted octanol–water partition coefficient (Wildman–Crippen LogP) is 7.24. The van der Waals surface area contributed by atoms with Crippen molar-refractivity contribution in [3.05, 3.63) is 82.6 Å². The molecule has 0 aliphatic heterocycles. The van der Waals surface area contributed by atoms with Crippen LogP contribution in [0.15, 0.2) is 55.0 Å². The van der Waals surface area contributed by atoms with Gasteiger partial charge >= 0.3 is 12.1 Å². The summed E-state index contributed by atoms with van der Waals surface area (Å²) in [6, 6.07) is 11.4. The van der Waals surface area contributed by atoms with Gasteiger partial charge in [0.15, 0.2) is 0 Å². The number of aryl methyl sites for hydroxylation is 1. The van der Waals surface area contributed by atoms with E-state index < -0.39 is 18.2 Å². The summed E-state index contributed by atoms with van der Waals surface area (Å²) in [4.78, 5) is 22.4. The maximum absolute atomic E-state index is 13.5. The predicted molar refractivity (Wildman–Crippen MR) is 171 cm³/mol. The van der Waals surface area contributed by atoms with Crippen LogP contribution in [0.4, 0.5) is 29.1 Å². The lowest BCUT2D eigenvalue weighted by Crippen LogP contribution is -2.40. The second-order valence-electron chi connectivity index (χ2n) is 11.3. The average molecular weight is 689 g/mol. The molecular formula is C32H29ClF4N6O3S. The molecule has 0 fully saturated rings. The molecule has 1 aliphatic carbocycles. The van der Waals surface area contributed by atoms with E-state index in [0.717, 1.165) is 31.9 Å². The molecular weight excluding hydrogens is 660 g/mol. The van der Waals surface area contributed by atoms with Gasteiger partial charge in [-0.15, -0.1) is 11.3 Å². The normalized spacial score (nSPS) is 13.4. The number of esters is 1. The summed E-state index contributed by atoms with van der Waals surface area (Å²) in [7, 11) is 0. The van der Waals surface area contributed by atoms with E-state index in [1.807, 2.05) is 13.8 Å². The zero-order valence-electron chi connectivity index (χ0n) is 25.2. The van der Waals surface area contributed by atoms with Crippen LogP contribution in [0.25, 0.3) is 20.7 Å². The molecule has 6 rings (SSSR count). The number of hydrogen-bond acceptors (Lipinski definition) is 9. The van der Waals surface area contributed by atoms with Crippen LogP contribution in [0.3, 0.4) is 0 Å². The highest BCUT2D eigenvalue weighted by Crippen LogP contribution is 2.45. The molecule has 0 radical (unpaired) electrons. The molecule has 0 spiro atoms. The van der Waals surface area contributed by atoms with Crippen molar-refractivity contribution in [1.82, 2.24) is 25.1 Å². The van der Waals surface area contributed by atoms with Crippen LogP contribution in [-0.2, 0) is 35.5 Å². The van der Waals surface area contributed by atoms with Gasteiger partial charge in [0, 0.05) is 34.4 Å². The number of nitrogens with zero attached hydrogens (tertiary/aromatic N) is 4. The second-order valence-corrected chi connectivity index (χ2v) is 12.7. The van der Waals surface area contributed by atoms with E-state index in [1.54, 1.807) is 41.2 Å². The fourth-order valence-electron chi connectivity index (χ4n) is 5.35. The van der Waals surface area contributed by atoms with Gasteiger partial charge in [0.1, 0.15) is 41.3 Å². The van der Waals surface area contributed by atoms with E-state index in [2.05, 4.69) is 25.7 Å². The van der Waals surface area contributed by atoms with Crippen molar-refractivity contribution in [2.24, 2.45) is 0 Å². The smallest absolute Gasteiger partial charge is 0.487 e. The van der Waals surface area contributed by atoms with Gasteiger partial charge in [-0.25, -0.2) is 19.2 Å². The maximum Gasteiger partial charge on any atom is 0.490 e. The lowest BCUT2D eigenvalue weighted by atomic mass is 9.95. The monoisotopic (exact) mass is 688 g/mol. The van der Waals surface area contributed by atoms with Gasteiger partial charge < -0.3 is 20.1 Å². The Labute approximate surface area is 275 Å². The maximum atomic E-state index is 13.5. The van der Waals surface area contributed by atoms with Crippen LogP contribution in [-0.4, -0.2) is 50.6 Å². The molecule has 47 heavy (non-hydrogen) atoms. The highest BCUT2D eigenvalue weighted by Gasteiger charge is 2.42. The summed E-state index contributed by atoms with van der Waals surface area (Å²) in [6.45, 7) is 3.86. The van der Waals surface area contributed by atoms with Crippen molar-refractivity contribution in [3.8, 4) is 16.2 Å². The highest BCUT2D eigenvalue weighted by molar-refractivity contribution is 7.22. The van der Waals surface area contributed by atoms with E-state index in [0.29, 0.717) is 40.7 Å².